The SMILES string of the molecule is Cc1c(F)cccc1C1CO1. The van der Waals surface area contributed by atoms with Crippen molar-refractivity contribution in [2.45, 2.75) is 13.0 Å². The largest absolute Gasteiger partial charge is 0.368 e. The summed E-state index contributed by atoms with van der Waals surface area (Å²) in [4.78, 5) is 0. The molecule has 0 radical (unpaired) electrons. The Morgan fingerprint density at radius 2 is 2.27 bits per heavy atom. The minimum Gasteiger partial charge on any atom is -0.368 e. The zero-order chi connectivity index (χ0) is 7.84. The maximum atomic E-state index is 12.9. The highest BCUT2D eigenvalue weighted by molar-refractivity contribution is 5.30. The first-order valence-electron chi connectivity index (χ1n) is 3.65. The highest BCUT2D eigenvalue weighted by Gasteiger charge is 2.26. The predicted octanol–water partition coefficient (Wildman–Crippen LogP) is 2.21. The van der Waals surface area contributed by atoms with E-state index in [1.807, 2.05) is 6.07 Å². The molecule has 1 atom stereocenters. The van der Waals surface area contributed by atoms with Gasteiger partial charge in [0.05, 0.1) is 6.61 Å². The highest BCUT2D eigenvalue weighted by Crippen LogP contribution is 2.32. The van der Waals surface area contributed by atoms with Crippen molar-refractivity contribution in [3.05, 3.63) is 35.1 Å². The topological polar surface area (TPSA) is 12.5 Å². The fraction of sp³-hybridized carbons (Fsp3) is 0.333. The van der Waals surface area contributed by atoms with E-state index in [1.165, 1.54) is 6.07 Å². The van der Waals surface area contributed by atoms with Crippen LogP contribution in [0.3, 0.4) is 0 Å². The van der Waals surface area contributed by atoms with Gasteiger partial charge in [-0.1, -0.05) is 12.1 Å². The molecule has 0 N–H and O–H groups in total. The third-order valence-electron chi connectivity index (χ3n) is 1.99. The van der Waals surface area contributed by atoms with E-state index in [4.69, 9.17) is 4.74 Å². The molecule has 1 nitrogen and oxygen atoms in total. The third kappa shape index (κ3) is 1.14. The van der Waals surface area contributed by atoms with Gasteiger partial charge in [0, 0.05) is 0 Å². The van der Waals surface area contributed by atoms with Gasteiger partial charge < -0.3 is 4.74 Å². The summed E-state index contributed by atoms with van der Waals surface area (Å²) in [5.74, 6) is -0.141. The summed E-state index contributed by atoms with van der Waals surface area (Å²) in [7, 11) is 0. The van der Waals surface area contributed by atoms with Crippen LogP contribution in [0.2, 0.25) is 0 Å². The van der Waals surface area contributed by atoms with Crippen LogP contribution in [0.15, 0.2) is 18.2 Å². The smallest absolute Gasteiger partial charge is 0.126 e. The second-order valence-electron chi connectivity index (χ2n) is 2.78. The second kappa shape index (κ2) is 2.31. The van der Waals surface area contributed by atoms with E-state index in [-0.39, 0.29) is 11.9 Å². The quantitative estimate of drug-likeness (QED) is 0.562. The molecular formula is C9H9FO. The third-order valence-corrected chi connectivity index (χ3v) is 1.99. The van der Waals surface area contributed by atoms with Gasteiger partial charge in [-0.05, 0) is 24.1 Å². The molecule has 0 spiro atoms. The van der Waals surface area contributed by atoms with Crippen molar-refractivity contribution in [1.82, 2.24) is 0 Å². The summed E-state index contributed by atoms with van der Waals surface area (Å²) >= 11 is 0. The molecule has 0 bridgehead atoms. The highest BCUT2D eigenvalue weighted by atomic mass is 19.1. The summed E-state index contributed by atoms with van der Waals surface area (Å²) in [6.45, 7) is 2.52. The van der Waals surface area contributed by atoms with Crippen molar-refractivity contribution in [2.24, 2.45) is 0 Å². The number of benzene rings is 1. The Hall–Kier alpha value is -0.890. The minimum absolute atomic E-state index is 0.141. The van der Waals surface area contributed by atoms with Gasteiger partial charge in [-0.15, -0.1) is 0 Å². The van der Waals surface area contributed by atoms with Gasteiger partial charge in [-0.3, -0.25) is 0 Å². The average Bonchev–Trinajstić information content (AvgIpc) is 2.77. The molecule has 1 saturated heterocycles. The van der Waals surface area contributed by atoms with Crippen LogP contribution in [0.25, 0.3) is 0 Å². The minimum atomic E-state index is -0.141. The number of epoxide rings is 1. The van der Waals surface area contributed by atoms with E-state index < -0.39 is 0 Å². The van der Waals surface area contributed by atoms with Crippen molar-refractivity contribution < 1.29 is 9.13 Å². The standard InChI is InChI=1S/C9H9FO/c1-6-7(9-5-11-9)3-2-4-8(6)10/h2-4,9H,5H2,1H3. The Morgan fingerprint density at radius 3 is 2.91 bits per heavy atom. The van der Waals surface area contributed by atoms with E-state index in [9.17, 15) is 4.39 Å². The zero-order valence-corrected chi connectivity index (χ0v) is 6.30. The molecule has 1 heterocycles. The zero-order valence-electron chi connectivity index (χ0n) is 6.30. The maximum Gasteiger partial charge on any atom is 0.126 e. The van der Waals surface area contributed by atoms with Gasteiger partial charge >= 0.3 is 0 Å². The first kappa shape index (κ1) is 6.80. The van der Waals surface area contributed by atoms with Gasteiger partial charge in [0.25, 0.3) is 0 Å². The van der Waals surface area contributed by atoms with E-state index in [1.54, 1.807) is 13.0 Å². The Morgan fingerprint density at radius 1 is 1.55 bits per heavy atom. The summed E-state index contributed by atoms with van der Waals surface area (Å²) in [5.41, 5.74) is 1.71. The van der Waals surface area contributed by atoms with Crippen LogP contribution in [0, 0.1) is 12.7 Å². The Balaban J connectivity index is 2.45. The van der Waals surface area contributed by atoms with Crippen LogP contribution in [-0.2, 0) is 4.74 Å². The number of hydrogen-bond donors (Lipinski definition) is 0. The molecule has 0 saturated carbocycles. The molecular weight excluding hydrogens is 143 g/mol. The van der Waals surface area contributed by atoms with Crippen molar-refractivity contribution in [3.63, 3.8) is 0 Å². The van der Waals surface area contributed by atoms with Gasteiger partial charge in [-0.2, -0.15) is 0 Å². The summed E-state index contributed by atoms with van der Waals surface area (Å²) in [6.07, 6.45) is 0.158. The molecule has 1 unspecified atom stereocenters. The van der Waals surface area contributed by atoms with Crippen molar-refractivity contribution in [2.75, 3.05) is 6.61 Å². The van der Waals surface area contributed by atoms with Crippen LogP contribution in [-0.4, -0.2) is 6.61 Å². The van der Waals surface area contributed by atoms with Crippen LogP contribution in [0.1, 0.15) is 17.2 Å². The second-order valence-corrected chi connectivity index (χ2v) is 2.78. The van der Waals surface area contributed by atoms with Crippen LogP contribution in [0.5, 0.6) is 0 Å². The summed E-state index contributed by atoms with van der Waals surface area (Å²) in [6, 6.07) is 5.11. The van der Waals surface area contributed by atoms with E-state index in [2.05, 4.69) is 0 Å². The molecule has 0 aromatic heterocycles. The summed E-state index contributed by atoms with van der Waals surface area (Å²) < 4.78 is 18.0. The van der Waals surface area contributed by atoms with E-state index >= 15 is 0 Å². The normalized spacial score (nSPS) is 21.8. The van der Waals surface area contributed by atoms with Crippen LogP contribution >= 0.6 is 0 Å². The number of halogens is 1. The lowest BCUT2D eigenvalue weighted by Gasteiger charge is -2.01. The van der Waals surface area contributed by atoms with E-state index in [0.717, 1.165) is 17.7 Å². The van der Waals surface area contributed by atoms with Gasteiger partial charge in [-0.25, -0.2) is 4.39 Å². The molecule has 1 fully saturated rings. The lowest BCUT2D eigenvalue weighted by molar-refractivity contribution is 0.414. The molecule has 1 aliphatic heterocycles. The molecule has 2 heteroatoms. The fourth-order valence-corrected chi connectivity index (χ4v) is 1.20. The Bertz CT molecular complexity index is 279. The number of ether oxygens (including phenoxy) is 1. The van der Waals surface area contributed by atoms with Crippen molar-refractivity contribution in [1.29, 1.82) is 0 Å². The van der Waals surface area contributed by atoms with Gasteiger partial charge in [0.15, 0.2) is 0 Å². The molecule has 0 amide bonds. The molecule has 1 aromatic carbocycles. The van der Waals surface area contributed by atoms with E-state index in [0.29, 0.717) is 0 Å². The molecule has 11 heavy (non-hydrogen) atoms. The first-order valence-corrected chi connectivity index (χ1v) is 3.65. The van der Waals surface area contributed by atoms with Gasteiger partial charge in [0.2, 0.25) is 0 Å². The molecule has 58 valence electrons. The van der Waals surface area contributed by atoms with Gasteiger partial charge in [0.1, 0.15) is 11.9 Å². The molecule has 2 rings (SSSR count). The predicted molar refractivity (Wildman–Crippen MR) is 39.8 cm³/mol. The lowest BCUT2D eigenvalue weighted by Crippen LogP contribution is -1.89. The van der Waals surface area contributed by atoms with Crippen molar-refractivity contribution in [3.8, 4) is 0 Å². The fourth-order valence-electron chi connectivity index (χ4n) is 1.20. The lowest BCUT2D eigenvalue weighted by atomic mass is 10.1. The monoisotopic (exact) mass is 152 g/mol. The average molecular weight is 152 g/mol. The number of hydrogen-bond acceptors (Lipinski definition) is 1. The van der Waals surface area contributed by atoms with Crippen LogP contribution in [0.4, 0.5) is 4.39 Å². The Kier molecular flexibility index (Phi) is 1.43. The molecule has 1 aliphatic rings. The molecule has 0 aliphatic carbocycles. The van der Waals surface area contributed by atoms with Crippen LogP contribution < -0.4 is 0 Å². The summed E-state index contributed by atoms with van der Waals surface area (Å²) in [5, 5.41) is 0. The number of rotatable bonds is 1. The van der Waals surface area contributed by atoms with Crippen molar-refractivity contribution >= 4 is 0 Å². The first-order chi connectivity index (χ1) is 5.29. The Labute approximate surface area is 64.8 Å². The molecule has 1 aromatic rings. The maximum absolute atomic E-state index is 12.9.